The first-order valence-corrected chi connectivity index (χ1v) is 12.0. The molecule has 2 heterocycles. The number of halogens is 4. The minimum Gasteiger partial charge on any atom is -0.459 e. The maximum atomic E-state index is 12.4. The van der Waals surface area contributed by atoms with Crippen molar-refractivity contribution in [2.24, 2.45) is 0 Å². The van der Waals surface area contributed by atoms with Crippen LogP contribution in [0.5, 0.6) is 0 Å². The van der Waals surface area contributed by atoms with E-state index in [2.05, 4.69) is 16.0 Å². The van der Waals surface area contributed by atoms with E-state index < -0.39 is 0 Å². The molecule has 0 unspecified atom stereocenters. The molecule has 0 aliphatic heterocycles. The van der Waals surface area contributed by atoms with Gasteiger partial charge in [-0.3, -0.25) is 4.79 Å². The largest absolute Gasteiger partial charge is 0.459 e. The average Bonchev–Trinajstić information content (AvgIpc) is 3.40. The third-order valence-corrected chi connectivity index (χ3v) is 6.51. The maximum absolute atomic E-state index is 12.4. The molecule has 11 heteroatoms. The quantitative estimate of drug-likeness (QED) is 0.193. The maximum Gasteiger partial charge on any atom is 0.291 e. The van der Waals surface area contributed by atoms with Gasteiger partial charge in [-0.25, -0.2) is 9.97 Å². The molecule has 0 aliphatic carbocycles. The van der Waals surface area contributed by atoms with Crippen LogP contribution in [0.3, 0.4) is 0 Å². The Morgan fingerprint density at radius 1 is 0.667 bits per heavy atom. The number of aromatic nitrogens is 2. The van der Waals surface area contributed by atoms with Crippen LogP contribution in [0.2, 0.25) is 20.1 Å². The lowest BCUT2D eigenvalue weighted by Gasteiger charge is -2.15. The van der Waals surface area contributed by atoms with Crippen molar-refractivity contribution in [1.82, 2.24) is 9.97 Å². The molecule has 3 aromatic carbocycles. The highest BCUT2D eigenvalue weighted by atomic mass is 35.5. The van der Waals surface area contributed by atoms with Crippen molar-refractivity contribution in [2.75, 3.05) is 16.0 Å². The molecule has 36 heavy (non-hydrogen) atoms. The van der Waals surface area contributed by atoms with Crippen molar-refractivity contribution in [3.05, 3.63) is 98.8 Å². The third kappa shape index (κ3) is 5.34. The van der Waals surface area contributed by atoms with Crippen molar-refractivity contribution in [3.63, 3.8) is 0 Å². The average molecular weight is 559 g/mol. The summed E-state index contributed by atoms with van der Waals surface area (Å²) in [7, 11) is 0. The Morgan fingerprint density at radius 2 is 1.25 bits per heavy atom. The van der Waals surface area contributed by atoms with Gasteiger partial charge in [-0.2, -0.15) is 0 Å². The first-order chi connectivity index (χ1) is 17.4. The Kier molecular flexibility index (Phi) is 6.89. The number of carbonyl (C=O) groups is 1. The van der Waals surface area contributed by atoms with Gasteiger partial charge in [0.05, 0.1) is 37.4 Å². The number of carbonyl (C=O) groups excluding carboxylic acids is 1. The molecule has 2 aromatic heterocycles. The second-order valence-corrected chi connectivity index (χ2v) is 9.19. The zero-order valence-corrected chi connectivity index (χ0v) is 21.2. The van der Waals surface area contributed by atoms with Crippen LogP contribution in [0.1, 0.15) is 10.6 Å². The SMILES string of the molecule is O=C(Nc1ccc2nc(Nc3ccc(Cl)c(Cl)c3)c(Nc3ccc(Cl)c(Cl)c3)nc2c1)c1ccco1. The van der Waals surface area contributed by atoms with E-state index in [-0.39, 0.29) is 11.7 Å². The topological polar surface area (TPSA) is 92.1 Å². The molecule has 0 saturated carbocycles. The molecule has 0 saturated heterocycles. The third-order valence-electron chi connectivity index (χ3n) is 5.03. The molecule has 7 nitrogen and oxygen atoms in total. The van der Waals surface area contributed by atoms with E-state index in [0.29, 0.717) is 59.8 Å². The van der Waals surface area contributed by atoms with Gasteiger partial charge in [-0.1, -0.05) is 46.4 Å². The Morgan fingerprint density at radius 3 is 1.81 bits per heavy atom. The van der Waals surface area contributed by atoms with Crippen LogP contribution in [0.15, 0.2) is 77.4 Å². The van der Waals surface area contributed by atoms with E-state index in [4.69, 9.17) is 60.8 Å². The number of hydrogen-bond donors (Lipinski definition) is 3. The molecule has 0 radical (unpaired) electrons. The fraction of sp³-hybridized carbons (Fsp3) is 0. The minimum atomic E-state index is -0.376. The Labute approximate surface area is 225 Å². The molecular weight excluding hydrogens is 544 g/mol. The molecule has 0 aliphatic rings. The highest BCUT2D eigenvalue weighted by molar-refractivity contribution is 6.42. The van der Waals surface area contributed by atoms with Crippen molar-refractivity contribution in [2.45, 2.75) is 0 Å². The Balaban J connectivity index is 1.53. The highest BCUT2D eigenvalue weighted by Gasteiger charge is 2.14. The Hall–Kier alpha value is -3.49. The van der Waals surface area contributed by atoms with E-state index in [9.17, 15) is 4.79 Å². The second-order valence-electron chi connectivity index (χ2n) is 7.56. The monoisotopic (exact) mass is 557 g/mol. The molecule has 3 N–H and O–H groups in total. The molecule has 0 atom stereocenters. The first kappa shape index (κ1) is 24.2. The highest BCUT2D eigenvalue weighted by Crippen LogP contribution is 2.33. The van der Waals surface area contributed by atoms with Gasteiger partial charge in [-0.05, 0) is 66.7 Å². The predicted octanol–water partition coefficient (Wildman–Crippen LogP) is 8.58. The number of amides is 1. The van der Waals surface area contributed by atoms with Crippen LogP contribution in [0.4, 0.5) is 28.7 Å². The number of fused-ring (bicyclic) bond motifs is 1. The van der Waals surface area contributed by atoms with Gasteiger partial charge < -0.3 is 20.4 Å². The number of anilines is 5. The van der Waals surface area contributed by atoms with Crippen molar-refractivity contribution < 1.29 is 9.21 Å². The number of hydrogen-bond acceptors (Lipinski definition) is 6. The summed E-state index contributed by atoms with van der Waals surface area (Å²) in [5, 5.41) is 10.9. The summed E-state index contributed by atoms with van der Waals surface area (Å²) in [5.41, 5.74) is 2.97. The molecule has 180 valence electrons. The molecule has 0 bridgehead atoms. The lowest BCUT2D eigenvalue weighted by atomic mass is 10.2. The van der Waals surface area contributed by atoms with E-state index in [1.807, 2.05) is 0 Å². The van der Waals surface area contributed by atoms with Crippen LogP contribution in [0, 0.1) is 0 Å². The zero-order valence-electron chi connectivity index (χ0n) is 18.2. The molecule has 5 aromatic rings. The van der Waals surface area contributed by atoms with Crippen LogP contribution in [-0.4, -0.2) is 15.9 Å². The van der Waals surface area contributed by atoms with Crippen molar-refractivity contribution in [1.29, 1.82) is 0 Å². The molecule has 0 spiro atoms. The van der Waals surface area contributed by atoms with E-state index in [0.717, 1.165) is 0 Å². The van der Waals surface area contributed by atoms with Crippen molar-refractivity contribution in [3.8, 4) is 0 Å². The molecule has 5 rings (SSSR count). The van der Waals surface area contributed by atoms with Gasteiger partial charge in [-0.15, -0.1) is 0 Å². The van der Waals surface area contributed by atoms with E-state index >= 15 is 0 Å². The van der Waals surface area contributed by atoms with Gasteiger partial charge in [0.2, 0.25) is 0 Å². The summed E-state index contributed by atoms with van der Waals surface area (Å²) in [5.74, 6) is 0.657. The number of nitrogens with one attached hydrogen (secondary N) is 3. The molecule has 1 amide bonds. The summed E-state index contributed by atoms with van der Waals surface area (Å²) in [6.45, 7) is 0. The second kappa shape index (κ2) is 10.2. The van der Waals surface area contributed by atoms with Gasteiger partial charge in [0.1, 0.15) is 0 Å². The molecule has 0 fully saturated rings. The summed E-state index contributed by atoms with van der Waals surface area (Å²) < 4.78 is 5.15. The van der Waals surface area contributed by atoms with Crippen LogP contribution < -0.4 is 16.0 Å². The summed E-state index contributed by atoms with van der Waals surface area (Å²) >= 11 is 24.5. The number of benzene rings is 3. The van der Waals surface area contributed by atoms with Gasteiger partial charge in [0.15, 0.2) is 17.4 Å². The van der Waals surface area contributed by atoms with Gasteiger partial charge in [0.25, 0.3) is 5.91 Å². The summed E-state index contributed by atoms with van der Waals surface area (Å²) in [6, 6.07) is 18.7. The number of nitrogens with zero attached hydrogens (tertiary/aromatic N) is 2. The molecular formula is C25H15Cl4N5O2. The fourth-order valence-corrected chi connectivity index (χ4v) is 3.92. The minimum absolute atomic E-state index is 0.198. The number of furan rings is 1. The van der Waals surface area contributed by atoms with Crippen LogP contribution >= 0.6 is 46.4 Å². The lowest BCUT2D eigenvalue weighted by molar-refractivity contribution is 0.0996. The first-order valence-electron chi connectivity index (χ1n) is 10.5. The Bertz CT molecular complexity index is 1590. The summed E-state index contributed by atoms with van der Waals surface area (Å²) in [4.78, 5) is 21.9. The van der Waals surface area contributed by atoms with Gasteiger partial charge >= 0.3 is 0 Å². The number of rotatable bonds is 6. The predicted molar refractivity (Wildman–Crippen MR) is 146 cm³/mol. The normalized spacial score (nSPS) is 10.9. The van der Waals surface area contributed by atoms with Crippen LogP contribution in [-0.2, 0) is 0 Å². The summed E-state index contributed by atoms with van der Waals surface area (Å²) in [6.07, 6.45) is 1.43. The zero-order chi connectivity index (χ0) is 25.2. The smallest absolute Gasteiger partial charge is 0.291 e. The van der Waals surface area contributed by atoms with Gasteiger partial charge in [0, 0.05) is 17.1 Å². The van der Waals surface area contributed by atoms with E-state index in [1.54, 1.807) is 66.7 Å². The standard InChI is InChI=1S/C25H15Cl4N5O2/c26-16-6-3-13(10-18(16)28)30-23-24(31-14-4-7-17(27)19(29)11-14)34-21-12-15(5-8-20(21)33-23)32-25(35)22-2-1-9-36-22/h1-12H,(H,30,33)(H,31,34)(H,32,35). The van der Waals surface area contributed by atoms with E-state index in [1.165, 1.54) is 6.26 Å². The lowest BCUT2D eigenvalue weighted by Crippen LogP contribution is -2.11. The van der Waals surface area contributed by atoms with Crippen LogP contribution in [0.25, 0.3) is 11.0 Å². The van der Waals surface area contributed by atoms with Crippen molar-refractivity contribution >= 4 is 92.0 Å². The fourth-order valence-electron chi connectivity index (χ4n) is 3.33.